The zero-order valence-corrected chi connectivity index (χ0v) is 18.8. The van der Waals surface area contributed by atoms with Crippen LogP contribution >= 0.6 is 11.3 Å². The Hall–Kier alpha value is -3.78. The van der Waals surface area contributed by atoms with Crippen molar-refractivity contribution in [1.82, 2.24) is 9.88 Å². The summed E-state index contributed by atoms with van der Waals surface area (Å²) in [6.07, 6.45) is 1.04. The molecular formula is C26H19FN2O4S. The van der Waals surface area contributed by atoms with Gasteiger partial charge in [-0.05, 0) is 35.0 Å². The number of piperidine rings is 1. The number of para-hydroxylation sites is 1. The highest BCUT2D eigenvalue weighted by Crippen LogP contribution is 2.31. The first-order chi connectivity index (χ1) is 16.6. The molecule has 6 nitrogen and oxygen atoms in total. The number of ether oxygens (including phenoxy) is 1. The first-order valence-electron chi connectivity index (χ1n) is 11.0. The molecule has 3 heterocycles. The van der Waals surface area contributed by atoms with Crippen LogP contribution < -0.4 is 10.4 Å². The molecule has 1 aliphatic heterocycles. The summed E-state index contributed by atoms with van der Waals surface area (Å²) in [5.41, 5.74) is 0.165. The van der Waals surface area contributed by atoms with Gasteiger partial charge in [-0.1, -0.05) is 47.7 Å². The van der Waals surface area contributed by atoms with Crippen LogP contribution in [0.25, 0.3) is 32.0 Å². The van der Waals surface area contributed by atoms with Gasteiger partial charge in [0.05, 0.1) is 4.70 Å². The number of hydrogen-bond acceptors (Lipinski definition) is 6. The number of fused-ring (bicyclic) bond motifs is 4. The van der Waals surface area contributed by atoms with Gasteiger partial charge >= 0.3 is 5.63 Å². The van der Waals surface area contributed by atoms with Crippen LogP contribution in [0.2, 0.25) is 0 Å². The highest BCUT2D eigenvalue weighted by molar-refractivity contribution is 7.20. The molecule has 0 N–H and O–H groups in total. The molecule has 0 bridgehead atoms. The van der Waals surface area contributed by atoms with Crippen molar-refractivity contribution in [2.75, 3.05) is 13.1 Å². The van der Waals surface area contributed by atoms with Gasteiger partial charge < -0.3 is 14.1 Å². The predicted molar refractivity (Wildman–Crippen MR) is 129 cm³/mol. The minimum absolute atomic E-state index is 0.0323. The number of rotatable bonds is 3. The molecule has 0 radical (unpaired) electrons. The van der Waals surface area contributed by atoms with Crippen molar-refractivity contribution >= 4 is 49.2 Å². The van der Waals surface area contributed by atoms with E-state index in [4.69, 9.17) is 9.15 Å². The highest BCUT2D eigenvalue weighted by atomic mass is 32.1. The second kappa shape index (κ2) is 8.22. The minimum atomic E-state index is -0.636. The van der Waals surface area contributed by atoms with Crippen molar-refractivity contribution in [2.24, 2.45) is 0 Å². The summed E-state index contributed by atoms with van der Waals surface area (Å²) in [6.45, 7) is 0.880. The van der Waals surface area contributed by atoms with Crippen molar-refractivity contribution in [3.8, 4) is 5.19 Å². The molecule has 170 valence electrons. The van der Waals surface area contributed by atoms with Gasteiger partial charge in [0.1, 0.15) is 28.6 Å². The van der Waals surface area contributed by atoms with E-state index in [1.54, 1.807) is 23.1 Å². The van der Waals surface area contributed by atoms with Gasteiger partial charge in [-0.2, -0.15) is 4.98 Å². The van der Waals surface area contributed by atoms with Gasteiger partial charge in [0, 0.05) is 31.3 Å². The van der Waals surface area contributed by atoms with Crippen molar-refractivity contribution < 1.29 is 18.3 Å². The molecule has 1 fully saturated rings. The highest BCUT2D eigenvalue weighted by Gasteiger charge is 2.28. The zero-order valence-electron chi connectivity index (χ0n) is 18.0. The fraction of sp³-hybridized carbons (Fsp3) is 0.192. The fourth-order valence-corrected chi connectivity index (χ4v) is 5.35. The molecule has 1 saturated heterocycles. The Morgan fingerprint density at radius 3 is 2.71 bits per heavy atom. The molecule has 0 spiro atoms. The smallest absolute Gasteiger partial charge is 0.349 e. The second-order valence-electron chi connectivity index (χ2n) is 8.32. The molecule has 5 aromatic rings. The lowest BCUT2D eigenvalue weighted by atomic mass is 10.0. The molecule has 0 saturated carbocycles. The van der Waals surface area contributed by atoms with E-state index < -0.39 is 5.63 Å². The number of likely N-dealkylation sites (tertiary alicyclic amines) is 1. The number of benzene rings is 3. The van der Waals surface area contributed by atoms with E-state index >= 15 is 0 Å². The quantitative estimate of drug-likeness (QED) is 0.259. The molecule has 1 aliphatic rings. The van der Waals surface area contributed by atoms with Crippen molar-refractivity contribution in [1.29, 1.82) is 0 Å². The maximum absolute atomic E-state index is 13.9. The summed E-state index contributed by atoms with van der Waals surface area (Å²) >= 11 is 1.31. The maximum Gasteiger partial charge on any atom is 0.349 e. The van der Waals surface area contributed by atoms with E-state index in [2.05, 4.69) is 4.98 Å². The SMILES string of the molecule is O=C(c1cc2c(ccc3ccccc32)oc1=O)N1CCC(Oc2nc3c(F)cccc3s2)CC1. The lowest BCUT2D eigenvalue weighted by Crippen LogP contribution is -2.43. The van der Waals surface area contributed by atoms with Crippen LogP contribution in [0.4, 0.5) is 4.39 Å². The third-order valence-corrected chi connectivity index (χ3v) is 7.13. The van der Waals surface area contributed by atoms with Gasteiger partial charge in [0.2, 0.25) is 0 Å². The Labute approximate surface area is 197 Å². The molecule has 0 atom stereocenters. The molecule has 6 rings (SSSR count). The van der Waals surface area contributed by atoms with Crippen LogP contribution in [0.1, 0.15) is 23.2 Å². The van der Waals surface area contributed by atoms with E-state index in [-0.39, 0.29) is 23.4 Å². The third kappa shape index (κ3) is 3.60. The molecule has 1 amide bonds. The lowest BCUT2D eigenvalue weighted by molar-refractivity contribution is 0.0592. The van der Waals surface area contributed by atoms with E-state index in [1.807, 2.05) is 36.4 Å². The molecular weight excluding hydrogens is 455 g/mol. The monoisotopic (exact) mass is 474 g/mol. The summed E-state index contributed by atoms with van der Waals surface area (Å²) in [6, 6.07) is 17.9. The van der Waals surface area contributed by atoms with Crippen LogP contribution in [0.3, 0.4) is 0 Å². The van der Waals surface area contributed by atoms with Gasteiger partial charge in [-0.15, -0.1) is 0 Å². The van der Waals surface area contributed by atoms with Gasteiger partial charge in [0.15, 0.2) is 0 Å². The number of halogens is 1. The molecule has 0 aliphatic carbocycles. The minimum Gasteiger partial charge on any atom is -0.467 e. The van der Waals surface area contributed by atoms with Crippen LogP contribution in [0.15, 0.2) is 69.9 Å². The second-order valence-corrected chi connectivity index (χ2v) is 9.31. The summed E-state index contributed by atoms with van der Waals surface area (Å²) in [7, 11) is 0. The average Bonchev–Trinajstić information content (AvgIpc) is 3.27. The standard InChI is InChI=1S/C26H19FN2O4S/c27-20-6-3-7-22-23(20)28-26(34-22)32-16-10-12-29(13-11-16)24(30)19-14-18-17-5-2-1-4-15(17)8-9-21(18)33-25(19)31/h1-9,14,16H,10-13H2. The number of thiazole rings is 1. The largest absolute Gasteiger partial charge is 0.467 e. The zero-order chi connectivity index (χ0) is 23.2. The van der Waals surface area contributed by atoms with Crippen LogP contribution in [0.5, 0.6) is 5.19 Å². The van der Waals surface area contributed by atoms with Gasteiger partial charge in [-0.3, -0.25) is 4.79 Å². The normalized spacial score (nSPS) is 14.8. The topological polar surface area (TPSA) is 72.6 Å². The first-order valence-corrected chi connectivity index (χ1v) is 11.8. The Morgan fingerprint density at radius 2 is 1.88 bits per heavy atom. The van der Waals surface area contributed by atoms with Crippen molar-refractivity contribution in [3.63, 3.8) is 0 Å². The first kappa shape index (κ1) is 20.8. The van der Waals surface area contributed by atoms with E-state index in [0.29, 0.717) is 42.2 Å². The van der Waals surface area contributed by atoms with Crippen LogP contribution in [-0.2, 0) is 0 Å². The van der Waals surface area contributed by atoms with E-state index in [9.17, 15) is 14.0 Å². The van der Waals surface area contributed by atoms with E-state index in [0.717, 1.165) is 20.9 Å². The number of hydrogen-bond donors (Lipinski definition) is 0. The third-order valence-electron chi connectivity index (χ3n) is 6.22. The number of carbonyl (C=O) groups excluding carboxylic acids is 1. The summed E-state index contributed by atoms with van der Waals surface area (Å²) < 4.78 is 26.1. The maximum atomic E-state index is 13.9. The van der Waals surface area contributed by atoms with E-state index in [1.165, 1.54) is 17.4 Å². The van der Waals surface area contributed by atoms with Crippen LogP contribution in [-0.4, -0.2) is 35.0 Å². The Bertz CT molecular complexity index is 1620. The number of amides is 1. The van der Waals surface area contributed by atoms with Crippen molar-refractivity contribution in [2.45, 2.75) is 18.9 Å². The van der Waals surface area contributed by atoms with Gasteiger partial charge in [0.25, 0.3) is 11.1 Å². The summed E-state index contributed by atoms with van der Waals surface area (Å²) in [5, 5.41) is 3.10. The molecule has 3 aromatic carbocycles. The van der Waals surface area contributed by atoms with Crippen LogP contribution in [0, 0.1) is 5.82 Å². The summed E-state index contributed by atoms with van der Waals surface area (Å²) in [4.78, 5) is 31.7. The molecule has 8 heteroatoms. The van der Waals surface area contributed by atoms with Crippen molar-refractivity contribution in [3.05, 3.63) is 82.5 Å². The molecule has 0 unspecified atom stereocenters. The Kier molecular flexibility index (Phi) is 5.03. The fourth-order valence-electron chi connectivity index (χ4n) is 4.46. The number of aromatic nitrogens is 1. The predicted octanol–water partition coefficient (Wildman–Crippen LogP) is 5.38. The number of nitrogens with zero attached hydrogens (tertiary/aromatic N) is 2. The summed E-state index contributed by atoms with van der Waals surface area (Å²) in [5.74, 6) is -0.713. The molecule has 2 aromatic heterocycles. The number of carbonyl (C=O) groups is 1. The molecule has 34 heavy (non-hydrogen) atoms. The Morgan fingerprint density at radius 1 is 1.06 bits per heavy atom. The lowest BCUT2D eigenvalue weighted by Gasteiger charge is -2.31. The average molecular weight is 475 g/mol. The van der Waals surface area contributed by atoms with Gasteiger partial charge in [-0.25, -0.2) is 9.18 Å². The Balaban J connectivity index is 1.20.